The van der Waals surface area contributed by atoms with E-state index in [9.17, 15) is 4.57 Å². The molecular weight excluding hydrogens is 357 g/mol. The van der Waals surface area contributed by atoms with Crippen molar-refractivity contribution in [2.45, 2.75) is 27.2 Å². The van der Waals surface area contributed by atoms with Gasteiger partial charge in [-0.3, -0.25) is 5.09 Å². The van der Waals surface area contributed by atoms with Crippen molar-refractivity contribution in [2.24, 2.45) is 0 Å². The molecule has 0 atom stereocenters. The molecule has 0 saturated heterocycles. The molecule has 0 spiro atoms. The SMILES string of the molecule is CCc1ccc(NP(=O)(Oc2cccc(C)c2)Oc2cccc(C)c2)cc1. The van der Waals surface area contributed by atoms with Crippen LogP contribution in [-0.2, 0) is 11.0 Å². The van der Waals surface area contributed by atoms with Gasteiger partial charge in [0.05, 0.1) is 0 Å². The van der Waals surface area contributed by atoms with E-state index in [1.165, 1.54) is 5.56 Å². The minimum Gasteiger partial charge on any atom is -0.400 e. The van der Waals surface area contributed by atoms with Crippen LogP contribution in [0.1, 0.15) is 23.6 Å². The van der Waals surface area contributed by atoms with Gasteiger partial charge in [-0.15, -0.1) is 0 Å². The van der Waals surface area contributed by atoms with Crippen LogP contribution in [0.15, 0.2) is 72.8 Å². The molecule has 3 aromatic carbocycles. The van der Waals surface area contributed by atoms with Crippen molar-refractivity contribution in [1.29, 1.82) is 0 Å². The lowest BCUT2D eigenvalue weighted by Crippen LogP contribution is -2.10. The molecule has 3 rings (SSSR count). The number of anilines is 1. The van der Waals surface area contributed by atoms with Crippen LogP contribution in [0.25, 0.3) is 0 Å². The van der Waals surface area contributed by atoms with E-state index in [1.807, 2.05) is 74.5 Å². The number of nitrogens with one attached hydrogen (secondary N) is 1. The van der Waals surface area contributed by atoms with Gasteiger partial charge in [0.15, 0.2) is 0 Å². The Morgan fingerprint density at radius 1 is 0.815 bits per heavy atom. The summed E-state index contributed by atoms with van der Waals surface area (Å²) in [6.07, 6.45) is 0.942. The average molecular weight is 381 g/mol. The molecule has 140 valence electrons. The van der Waals surface area contributed by atoms with Crippen LogP contribution in [0.5, 0.6) is 11.5 Å². The number of benzene rings is 3. The predicted molar refractivity (Wildman–Crippen MR) is 111 cm³/mol. The van der Waals surface area contributed by atoms with Crippen LogP contribution in [0.3, 0.4) is 0 Å². The Balaban J connectivity index is 1.89. The normalized spacial score (nSPS) is 11.1. The molecule has 0 aliphatic carbocycles. The van der Waals surface area contributed by atoms with Crippen molar-refractivity contribution in [3.63, 3.8) is 0 Å². The van der Waals surface area contributed by atoms with Gasteiger partial charge >= 0.3 is 7.75 Å². The Kier molecular flexibility index (Phi) is 5.88. The number of hydrogen-bond donors (Lipinski definition) is 1. The second-order valence-electron chi connectivity index (χ2n) is 6.48. The van der Waals surface area contributed by atoms with Crippen LogP contribution in [0.4, 0.5) is 5.69 Å². The Morgan fingerprint density at radius 2 is 1.33 bits per heavy atom. The monoisotopic (exact) mass is 381 g/mol. The third-order valence-electron chi connectivity index (χ3n) is 4.06. The lowest BCUT2D eigenvalue weighted by atomic mass is 10.2. The zero-order valence-electron chi connectivity index (χ0n) is 15.8. The molecular formula is C22H24NO3P. The quantitative estimate of drug-likeness (QED) is 0.472. The Labute approximate surface area is 160 Å². The molecule has 1 N–H and O–H groups in total. The fourth-order valence-electron chi connectivity index (χ4n) is 2.66. The number of aryl methyl sites for hydroxylation is 3. The highest BCUT2D eigenvalue weighted by molar-refractivity contribution is 7.56. The summed E-state index contributed by atoms with van der Waals surface area (Å²) in [5.41, 5.74) is 3.91. The summed E-state index contributed by atoms with van der Waals surface area (Å²) >= 11 is 0. The van der Waals surface area contributed by atoms with Crippen molar-refractivity contribution < 1.29 is 13.6 Å². The van der Waals surface area contributed by atoms with Crippen LogP contribution < -0.4 is 14.1 Å². The third kappa shape index (κ3) is 5.38. The molecule has 0 heterocycles. The molecule has 0 aliphatic heterocycles. The highest BCUT2D eigenvalue weighted by atomic mass is 31.2. The van der Waals surface area contributed by atoms with Crippen molar-refractivity contribution in [2.75, 3.05) is 5.09 Å². The highest BCUT2D eigenvalue weighted by Crippen LogP contribution is 2.48. The first-order valence-corrected chi connectivity index (χ1v) is 10.5. The zero-order chi connectivity index (χ0) is 19.3. The van der Waals surface area contributed by atoms with E-state index >= 15 is 0 Å². The minimum absolute atomic E-state index is 0.490. The second-order valence-corrected chi connectivity index (χ2v) is 8.06. The second kappa shape index (κ2) is 8.32. The maximum absolute atomic E-state index is 13.5. The minimum atomic E-state index is -3.70. The Bertz CT molecular complexity index is 902. The summed E-state index contributed by atoms with van der Waals surface area (Å²) in [5, 5.41) is 2.95. The highest BCUT2D eigenvalue weighted by Gasteiger charge is 2.29. The largest absolute Gasteiger partial charge is 0.541 e. The summed E-state index contributed by atoms with van der Waals surface area (Å²) in [7, 11) is -3.70. The van der Waals surface area contributed by atoms with Gasteiger partial charge in [0.1, 0.15) is 11.5 Å². The van der Waals surface area contributed by atoms with E-state index in [-0.39, 0.29) is 0 Å². The summed E-state index contributed by atoms with van der Waals surface area (Å²) in [5.74, 6) is 0.979. The van der Waals surface area contributed by atoms with Crippen molar-refractivity contribution in [3.8, 4) is 11.5 Å². The van der Waals surface area contributed by atoms with E-state index in [4.69, 9.17) is 9.05 Å². The Hall–Kier alpha value is -2.71. The average Bonchev–Trinajstić information content (AvgIpc) is 2.62. The van der Waals surface area contributed by atoms with Crippen molar-refractivity contribution in [1.82, 2.24) is 0 Å². The van der Waals surface area contributed by atoms with E-state index < -0.39 is 7.75 Å². The molecule has 4 nitrogen and oxygen atoms in total. The summed E-state index contributed by atoms with van der Waals surface area (Å²) in [6, 6.07) is 22.6. The van der Waals surface area contributed by atoms with Gasteiger partial charge in [-0.25, -0.2) is 4.57 Å². The molecule has 0 radical (unpaired) electrons. The van der Waals surface area contributed by atoms with Crippen LogP contribution in [0, 0.1) is 13.8 Å². The van der Waals surface area contributed by atoms with Crippen LogP contribution in [-0.4, -0.2) is 0 Å². The van der Waals surface area contributed by atoms with E-state index in [1.54, 1.807) is 12.1 Å². The van der Waals surface area contributed by atoms with Gasteiger partial charge in [-0.05, 0) is 73.4 Å². The predicted octanol–water partition coefficient (Wildman–Crippen LogP) is 6.54. The first-order valence-electron chi connectivity index (χ1n) is 8.95. The van der Waals surface area contributed by atoms with Crippen molar-refractivity contribution >= 4 is 13.4 Å². The van der Waals surface area contributed by atoms with Crippen molar-refractivity contribution in [3.05, 3.63) is 89.5 Å². The molecule has 0 aromatic heterocycles. The lowest BCUT2D eigenvalue weighted by Gasteiger charge is -2.21. The molecule has 3 aromatic rings. The molecule has 5 heteroatoms. The van der Waals surface area contributed by atoms with Gasteiger partial charge in [-0.2, -0.15) is 0 Å². The number of rotatable bonds is 7. The number of hydrogen-bond acceptors (Lipinski definition) is 3. The standard InChI is InChI=1S/C22H24NO3P/c1-4-19-11-13-20(14-12-19)23-27(24,25-21-9-5-7-17(2)15-21)26-22-10-6-8-18(3)16-22/h5-16H,4H2,1-3H3,(H,23,24). The summed E-state index contributed by atoms with van der Waals surface area (Å²) < 4.78 is 25.2. The smallest absolute Gasteiger partial charge is 0.400 e. The van der Waals surface area contributed by atoms with Crippen LogP contribution >= 0.6 is 7.75 Å². The van der Waals surface area contributed by atoms with E-state index in [0.29, 0.717) is 17.2 Å². The lowest BCUT2D eigenvalue weighted by molar-refractivity contribution is 0.392. The molecule has 0 unspecified atom stereocenters. The summed E-state index contributed by atoms with van der Waals surface area (Å²) in [4.78, 5) is 0. The maximum atomic E-state index is 13.5. The Morgan fingerprint density at radius 3 is 1.78 bits per heavy atom. The molecule has 0 bridgehead atoms. The molecule has 0 fully saturated rings. The molecule has 0 amide bonds. The molecule has 27 heavy (non-hydrogen) atoms. The van der Waals surface area contributed by atoms with Gasteiger partial charge in [0, 0.05) is 5.69 Å². The first kappa shape index (κ1) is 19.1. The molecule has 0 saturated carbocycles. The van der Waals surface area contributed by atoms with Gasteiger partial charge in [0.25, 0.3) is 0 Å². The third-order valence-corrected chi connectivity index (χ3v) is 5.49. The fourth-order valence-corrected chi connectivity index (χ4v) is 4.04. The maximum Gasteiger partial charge on any atom is 0.541 e. The van der Waals surface area contributed by atoms with Crippen LogP contribution in [0.2, 0.25) is 0 Å². The van der Waals surface area contributed by atoms with E-state index in [0.717, 1.165) is 17.5 Å². The van der Waals surface area contributed by atoms with E-state index in [2.05, 4.69) is 12.0 Å². The zero-order valence-corrected chi connectivity index (χ0v) is 16.7. The topological polar surface area (TPSA) is 47.6 Å². The molecule has 0 aliphatic rings. The fraction of sp³-hybridized carbons (Fsp3) is 0.182. The van der Waals surface area contributed by atoms with Gasteiger partial charge in [-0.1, -0.05) is 43.3 Å². The van der Waals surface area contributed by atoms with Gasteiger partial charge < -0.3 is 9.05 Å². The summed E-state index contributed by atoms with van der Waals surface area (Å²) in [6.45, 7) is 6.00. The van der Waals surface area contributed by atoms with Gasteiger partial charge in [0.2, 0.25) is 0 Å². The first-order chi connectivity index (χ1) is 13.0.